The molecule has 3 heterocycles. The highest BCUT2D eigenvalue weighted by atomic mass is 16.2. The van der Waals surface area contributed by atoms with E-state index in [1.807, 2.05) is 29.2 Å². The third kappa shape index (κ3) is 3.54. The van der Waals surface area contributed by atoms with E-state index in [-0.39, 0.29) is 11.5 Å². The predicted molar refractivity (Wildman–Crippen MR) is 107 cm³/mol. The highest BCUT2D eigenvalue weighted by Crippen LogP contribution is 2.25. The molecule has 1 aliphatic rings. The molecular formula is C22H25N3O2. The monoisotopic (exact) mass is 363 g/mol. The lowest BCUT2D eigenvalue weighted by atomic mass is 9.90. The molecule has 0 spiro atoms. The molecule has 5 heteroatoms. The number of aryl methyl sites for hydroxylation is 2. The van der Waals surface area contributed by atoms with E-state index in [1.54, 1.807) is 12.3 Å². The van der Waals surface area contributed by atoms with Crippen LogP contribution in [0.3, 0.4) is 0 Å². The number of aromatic amines is 2. The summed E-state index contributed by atoms with van der Waals surface area (Å²) in [7, 11) is 0. The van der Waals surface area contributed by atoms with Gasteiger partial charge in [-0.25, -0.2) is 0 Å². The Hall–Kier alpha value is -2.82. The molecule has 0 aliphatic carbocycles. The van der Waals surface area contributed by atoms with Crippen molar-refractivity contribution >= 4 is 16.8 Å². The fraction of sp³-hybridized carbons (Fsp3) is 0.364. The molecular weight excluding hydrogens is 338 g/mol. The van der Waals surface area contributed by atoms with Crippen LogP contribution in [0.15, 0.2) is 41.3 Å². The summed E-state index contributed by atoms with van der Waals surface area (Å²) in [6.45, 7) is 5.72. The first-order chi connectivity index (χ1) is 13.0. The van der Waals surface area contributed by atoms with E-state index in [9.17, 15) is 9.59 Å². The number of aromatic nitrogens is 2. The van der Waals surface area contributed by atoms with E-state index in [1.165, 1.54) is 5.56 Å². The third-order valence-corrected chi connectivity index (χ3v) is 5.83. The minimum Gasteiger partial charge on any atom is -0.358 e. The highest BCUT2D eigenvalue weighted by Gasteiger charge is 2.24. The van der Waals surface area contributed by atoms with E-state index >= 15 is 0 Å². The Morgan fingerprint density at radius 2 is 1.93 bits per heavy atom. The number of rotatable bonds is 3. The summed E-state index contributed by atoms with van der Waals surface area (Å²) < 4.78 is 0. The van der Waals surface area contributed by atoms with Gasteiger partial charge in [-0.3, -0.25) is 9.59 Å². The fourth-order valence-electron chi connectivity index (χ4n) is 4.02. The molecule has 1 amide bonds. The van der Waals surface area contributed by atoms with Crippen LogP contribution in [-0.4, -0.2) is 33.9 Å². The molecule has 2 aromatic heterocycles. The van der Waals surface area contributed by atoms with Crippen LogP contribution in [0.1, 0.15) is 40.0 Å². The van der Waals surface area contributed by atoms with Gasteiger partial charge in [0, 0.05) is 47.5 Å². The molecule has 4 rings (SSSR count). The van der Waals surface area contributed by atoms with E-state index in [0.717, 1.165) is 60.1 Å². The number of carbonyl (C=O) groups excluding carboxylic acids is 1. The predicted octanol–water partition coefficient (Wildman–Crippen LogP) is 3.57. The number of hydrogen-bond acceptors (Lipinski definition) is 2. The summed E-state index contributed by atoms with van der Waals surface area (Å²) in [4.78, 5) is 32.2. The zero-order chi connectivity index (χ0) is 19.0. The maximum absolute atomic E-state index is 12.9. The summed E-state index contributed by atoms with van der Waals surface area (Å²) in [6.07, 6.45) is 4.74. The lowest BCUT2D eigenvalue weighted by Crippen LogP contribution is -2.38. The second-order valence-corrected chi connectivity index (χ2v) is 7.64. The molecule has 0 radical (unpaired) electrons. The number of fused-ring (bicyclic) bond motifs is 1. The third-order valence-electron chi connectivity index (χ3n) is 5.83. The Morgan fingerprint density at radius 1 is 1.15 bits per heavy atom. The van der Waals surface area contributed by atoms with Gasteiger partial charge >= 0.3 is 0 Å². The van der Waals surface area contributed by atoms with E-state index in [4.69, 9.17) is 0 Å². The van der Waals surface area contributed by atoms with Gasteiger partial charge in [0.1, 0.15) is 0 Å². The topological polar surface area (TPSA) is 69.0 Å². The first-order valence-corrected chi connectivity index (χ1v) is 9.57. The minimum absolute atomic E-state index is 0.0658. The zero-order valence-corrected chi connectivity index (χ0v) is 15.8. The SMILES string of the molecule is Cc1[nH]c2ccc(C(=O)N3CCC(Cc4ccc(=O)[nH]c4)CC3)cc2c1C. The molecule has 0 atom stereocenters. The molecule has 1 aliphatic heterocycles. The van der Waals surface area contributed by atoms with Crippen molar-refractivity contribution < 1.29 is 4.79 Å². The maximum atomic E-state index is 12.9. The molecule has 2 N–H and O–H groups in total. The number of benzene rings is 1. The first-order valence-electron chi connectivity index (χ1n) is 9.57. The minimum atomic E-state index is -0.0658. The van der Waals surface area contributed by atoms with Gasteiger partial charge in [-0.15, -0.1) is 0 Å². The van der Waals surface area contributed by atoms with Gasteiger partial charge in [0.25, 0.3) is 5.91 Å². The molecule has 27 heavy (non-hydrogen) atoms. The van der Waals surface area contributed by atoms with Gasteiger partial charge in [-0.1, -0.05) is 6.07 Å². The number of piperidine rings is 1. The van der Waals surface area contributed by atoms with Crippen LogP contribution in [-0.2, 0) is 6.42 Å². The van der Waals surface area contributed by atoms with Crippen LogP contribution < -0.4 is 5.56 Å². The zero-order valence-electron chi connectivity index (χ0n) is 15.8. The summed E-state index contributed by atoms with van der Waals surface area (Å²) in [6, 6.07) is 9.42. The Morgan fingerprint density at radius 3 is 2.63 bits per heavy atom. The van der Waals surface area contributed by atoms with Crippen LogP contribution in [0.2, 0.25) is 0 Å². The number of likely N-dealkylation sites (tertiary alicyclic amines) is 1. The molecule has 1 fully saturated rings. The van der Waals surface area contributed by atoms with Gasteiger partial charge in [-0.2, -0.15) is 0 Å². The van der Waals surface area contributed by atoms with Crippen LogP contribution >= 0.6 is 0 Å². The Labute approximate surface area is 158 Å². The molecule has 1 aromatic carbocycles. The quantitative estimate of drug-likeness (QED) is 0.747. The van der Waals surface area contributed by atoms with Crippen molar-refractivity contribution in [1.82, 2.24) is 14.9 Å². The number of hydrogen-bond donors (Lipinski definition) is 2. The highest BCUT2D eigenvalue weighted by molar-refractivity contribution is 5.99. The van der Waals surface area contributed by atoms with Crippen molar-refractivity contribution in [1.29, 1.82) is 0 Å². The van der Waals surface area contributed by atoms with Crippen LogP contribution in [0.5, 0.6) is 0 Å². The van der Waals surface area contributed by atoms with E-state index < -0.39 is 0 Å². The molecule has 5 nitrogen and oxygen atoms in total. The first kappa shape index (κ1) is 17.6. The Kier molecular flexibility index (Phi) is 4.60. The van der Waals surface area contributed by atoms with E-state index in [0.29, 0.717) is 5.92 Å². The molecule has 0 bridgehead atoms. The molecule has 3 aromatic rings. The average Bonchev–Trinajstić information content (AvgIpc) is 2.97. The van der Waals surface area contributed by atoms with Gasteiger partial charge < -0.3 is 14.9 Å². The summed E-state index contributed by atoms with van der Waals surface area (Å²) in [5.74, 6) is 0.676. The van der Waals surface area contributed by atoms with Crippen molar-refractivity contribution in [3.63, 3.8) is 0 Å². The summed E-state index contributed by atoms with van der Waals surface area (Å²) >= 11 is 0. The van der Waals surface area contributed by atoms with Gasteiger partial charge in [0.15, 0.2) is 0 Å². The number of H-pyrrole nitrogens is 2. The van der Waals surface area contributed by atoms with Crippen LogP contribution in [0.4, 0.5) is 0 Å². The molecule has 1 saturated heterocycles. The Balaban J connectivity index is 1.41. The van der Waals surface area contributed by atoms with Crippen molar-refractivity contribution in [3.05, 3.63) is 69.3 Å². The van der Waals surface area contributed by atoms with Gasteiger partial charge in [-0.05, 0) is 68.4 Å². The maximum Gasteiger partial charge on any atom is 0.253 e. The molecule has 0 unspecified atom stereocenters. The van der Waals surface area contributed by atoms with E-state index in [2.05, 4.69) is 23.8 Å². The largest absolute Gasteiger partial charge is 0.358 e. The number of amides is 1. The van der Waals surface area contributed by atoms with Crippen LogP contribution in [0, 0.1) is 19.8 Å². The number of pyridine rings is 1. The van der Waals surface area contributed by atoms with Crippen molar-refractivity contribution in [3.8, 4) is 0 Å². The normalized spacial score (nSPS) is 15.4. The van der Waals surface area contributed by atoms with Crippen LogP contribution in [0.25, 0.3) is 10.9 Å². The second-order valence-electron chi connectivity index (χ2n) is 7.64. The molecule has 0 saturated carbocycles. The van der Waals surface area contributed by atoms with Crippen molar-refractivity contribution in [2.45, 2.75) is 33.1 Å². The smallest absolute Gasteiger partial charge is 0.253 e. The summed E-state index contributed by atoms with van der Waals surface area (Å²) in [5.41, 5.74) is 5.30. The average molecular weight is 363 g/mol. The van der Waals surface area contributed by atoms with Gasteiger partial charge in [0.05, 0.1) is 0 Å². The number of carbonyl (C=O) groups is 1. The fourth-order valence-corrected chi connectivity index (χ4v) is 4.02. The molecule has 140 valence electrons. The summed E-state index contributed by atoms with van der Waals surface area (Å²) in [5, 5.41) is 1.13. The van der Waals surface area contributed by atoms with Crippen molar-refractivity contribution in [2.24, 2.45) is 5.92 Å². The number of nitrogens with one attached hydrogen (secondary N) is 2. The Bertz CT molecular complexity index is 1020. The second kappa shape index (κ2) is 7.06. The lowest BCUT2D eigenvalue weighted by molar-refractivity contribution is 0.0690. The lowest BCUT2D eigenvalue weighted by Gasteiger charge is -2.32. The van der Waals surface area contributed by atoms with Gasteiger partial charge in [0.2, 0.25) is 5.56 Å². The van der Waals surface area contributed by atoms with Crippen molar-refractivity contribution in [2.75, 3.05) is 13.1 Å². The number of nitrogens with zero attached hydrogens (tertiary/aromatic N) is 1. The standard InChI is InChI=1S/C22H25N3O2/c1-14-15(2)24-20-5-4-18(12-19(14)20)22(27)25-9-7-16(8-10-25)11-17-3-6-21(26)23-13-17/h3-6,12-13,16,24H,7-11H2,1-2H3,(H,23,26).